The number of carbonyl (C=O) groups is 2. The summed E-state index contributed by atoms with van der Waals surface area (Å²) in [5.41, 5.74) is -0.493. The van der Waals surface area contributed by atoms with Gasteiger partial charge >= 0.3 is 0 Å². The highest BCUT2D eigenvalue weighted by molar-refractivity contribution is 6.25. The van der Waals surface area contributed by atoms with Gasteiger partial charge in [0.2, 0.25) is 11.8 Å². The van der Waals surface area contributed by atoms with Crippen molar-refractivity contribution in [2.24, 2.45) is 11.3 Å². The topological polar surface area (TPSA) is 61.2 Å². The summed E-state index contributed by atoms with van der Waals surface area (Å²) in [4.78, 5) is 26.5. The van der Waals surface area contributed by atoms with Crippen molar-refractivity contribution in [3.05, 3.63) is 54.6 Å². The lowest BCUT2D eigenvalue weighted by molar-refractivity contribution is -0.124. The van der Waals surface area contributed by atoms with Gasteiger partial charge in [0, 0.05) is 0 Å². The van der Waals surface area contributed by atoms with Crippen molar-refractivity contribution < 1.29 is 9.59 Å². The predicted molar refractivity (Wildman–Crippen MR) is 73.4 cm³/mol. The molecule has 0 N–H and O–H groups in total. The predicted octanol–water partition coefficient (Wildman–Crippen LogP) is 2.20. The zero-order valence-electron chi connectivity index (χ0n) is 10.7. The number of benzene rings is 1. The number of nitrogens with zero attached hydrogens (tertiary/aromatic N) is 2. The van der Waals surface area contributed by atoms with Crippen LogP contribution in [-0.4, -0.2) is 11.8 Å². The van der Waals surface area contributed by atoms with Crippen LogP contribution in [0.3, 0.4) is 0 Å². The third-order valence-corrected chi connectivity index (χ3v) is 3.84. The van der Waals surface area contributed by atoms with Crippen LogP contribution in [0, 0.1) is 22.7 Å². The van der Waals surface area contributed by atoms with Gasteiger partial charge in [-0.1, -0.05) is 42.5 Å². The van der Waals surface area contributed by atoms with Gasteiger partial charge in [-0.25, -0.2) is 4.90 Å². The minimum Gasteiger partial charge on any atom is -0.273 e. The third kappa shape index (κ3) is 1.53. The van der Waals surface area contributed by atoms with E-state index in [9.17, 15) is 9.59 Å². The number of anilines is 1. The molecular weight excluding hydrogens is 252 g/mol. The maximum atomic E-state index is 12.7. The lowest BCUT2D eigenvalue weighted by atomic mass is 9.72. The van der Waals surface area contributed by atoms with E-state index < -0.39 is 11.3 Å². The average molecular weight is 264 g/mol. The molecule has 1 heterocycles. The molecule has 4 nitrogen and oxygen atoms in total. The Balaban J connectivity index is 2.11. The summed E-state index contributed by atoms with van der Waals surface area (Å²) < 4.78 is 0. The molecule has 0 aromatic heterocycles. The quantitative estimate of drug-likeness (QED) is 0.769. The van der Waals surface area contributed by atoms with Crippen molar-refractivity contribution in [3.8, 4) is 6.07 Å². The Kier molecular flexibility index (Phi) is 2.76. The van der Waals surface area contributed by atoms with Crippen LogP contribution in [0.1, 0.15) is 6.42 Å². The number of rotatable bonds is 2. The van der Waals surface area contributed by atoms with Gasteiger partial charge in [-0.2, -0.15) is 5.26 Å². The fourth-order valence-corrected chi connectivity index (χ4v) is 2.83. The molecule has 0 radical (unpaired) electrons. The van der Waals surface area contributed by atoms with Crippen molar-refractivity contribution in [1.82, 2.24) is 0 Å². The molecular formula is C16H12N2O2. The lowest BCUT2D eigenvalue weighted by Crippen LogP contribution is -2.35. The normalized spacial score (nSPS) is 27.6. The van der Waals surface area contributed by atoms with Crippen molar-refractivity contribution >= 4 is 17.5 Å². The molecule has 98 valence electrons. The Hall–Kier alpha value is -2.67. The second-order valence-electron chi connectivity index (χ2n) is 4.91. The fourth-order valence-electron chi connectivity index (χ4n) is 2.83. The van der Waals surface area contributed by atoms with Gasteiger partial charge in [0.15, 0.2) is 0 Å². The highest BCUT2D eigenvalue weighted by Crippen LogP contribution is 2.46. The first-order valence-electron chi connectivity index (χ1n) is 6.37. The lowest BCUT2D eigenvalue weighted by Gasteiger charge is -2.25. The first kappa shape index (κ1) is 12.4. The molecule has 2 atom stereocenters. The standard InChI is InChI=1S/C16H12N2O2/c17-11-10-16-9-5-4-8-13(16)14(19)18(15(16)20)12-6-2-1-3-7-12/h1-9,13H,10H2. The molecule has 1 saturated heterocycles. The Labute approximate surface area is 116 Å². The molecule has 0 saturated carbocycles. The number of fused-ring (bicyclic) bond motifs is 1. The largest absolute Gasteiger partial charge is 0.273 e. The van der Waals surface area contributed by atoms with Crippen molar-refractivity contribution in [3.63, 3.8) is 0 Å². The Bertz CT molecular complexity index is 669. The molecule has 3 rings (SSSR count). The zero-order chi connectivity index (χ0) is 14.2. The van der Waals surface area contributed by atoms with Crippen molar-refractivity contribution in [2.45, 2.75) is 6.42 Å². The van der Waals surface area contributed by atoms with E-state index in [4.69, 9.17) is 5.26 Å². The number of imide groups is 1. The fraction of sp³-hybridized carbons (Fsp3) is 0.188. The van der Waals surface area contributed by atoms with E-state index in [-0.39, 0.29) is 18.2 Å². The summed E-state index contributed by atoms with van der Waals surface area (Å²) in [6, 6.07) is 10.9. The van der Waals surface area contributed by atoms with E-state index in [0.29, 0.717) is 5.69 Å². The van der Waals surface area contributed by atoms with Crippen LogP contribution in [0.2, 0.25) is 0 Å². The number of amides is 2. The van der Waals surface area contributed by atoms with Gasteiger partial charge in [0.25, 0.3) is 0 Å². The number of hydrogen-bond donors (Lipinski definition) is 0. The van der Waals surface area contributed by atoms with Crippen LogP contribution >= 0.6 is 0 Å². The minimum absolute atomic E-state index is 0.00636. The van der Waals surface area contributed by atoms with Gasteiger partial charge in [0.1, 0.15) is 0 Å². The van der Waals surface area contributed by atoms with Gasteiger partial charge in [0.05, 0.1) is 29.5 Å². The third-order valence-electron chi connectivity index (χ3n) is 3.84. The van der Waals surface area contributed by atoms with Crippen LogP contribution in [0.4, 0.5) is 5.69 Å². The molecule has 1 aliphatic carbocycles. The first-order valence-corrected chi connectivity index (χ1v) is 6.37. The molecule has 0 bridgehead atoms. The number of nitriles is 1. The average Bonchev–Trinajstić information content (AvgIpc) is 2.69. The monoisotopic (exact) mass is 264 g/mol. The van der Waals surface area contributed by atoms with E-state index in [1.54, 1.807) is 48.6 Å². The Morgan fingerprint density at radius 3 is 2.65 bits per heavy atom. The van der Waals surface area contributed by atoms with E-state index in [0.717, 1.165) is 0 Å². The van der Waals surface area contributed by atoms with E-state index in [1.807, 2.05) is 12.1 Å². The zero-order valence-corrected chi connectivity index (χ0v) is 10.7. The highest BCUT2D eigenvalue weighted by atomic mass is 16.2. The second-order valence-corrected chi connectivity index (χ2v) is 4.91. The summed E-state index contributed by atoms with van der Waals surface area (Å²) >= 11 is 0. The van der Waals surface area contributed by atoms with E-state index >= 15 is 0 Å². The highest BCUT2D eigenvalue weighted by Gasteiger charge is 2.57. The number of para-hydroxylation sites is 1. The van der Waals surface area contributed by atoms with Crippen LogP contribution in [0.15, 0.2) is 54.6 Å². The van der Waals surface area contributed by atoms with Crippen LogP contribution in [0.25, 0.3) is 0 Å². The SMILES string of the molecule is N#CCC12C=CC=CC1C(=O)N(c1ccccc1)C2=O. The van der Waals surface area contributed by atoms with Gasteiger partial charge in [-0.05, 0) is 12.1 Å². The Morgan fingerprint density at radius 1 is 1.20 bits per heavy atom. The molecule has 20 heavy (non-hydrogen) atoms. The summed E-state index contributed by atoms with van der Waals surface area (Å²) in [6.07, 6.45) is 6.88. The summed E-state index contributed by atoms with van der Waals surface area (Å²) in [6.45, 7) is 0. The van der Waals surface area contributed by atoms with Crippen LogP contribution < -0.4 is 4.90 Å². The number of carbonyl (C=O) groups excluding carboxylic acids is 2. The summed E-state index contributed by atoms with van der Waals surface area (Å²) in [5, 5.41) is 9.03. The second kappa shape index (κ2) is 4.46. The maximum absolute atomic E-state index is 12.7. The minimum atomic E-state index is -1.05. The van der Waals surface area contributed by atoms with E-state index in [1.165, 1.54) is 4.90 Å². The first-order chi connectivity index (χ1) is 9.70. The van der Waals surface area contributed by atoms with E-state index in [2.05, 4.69) is 0 Å². The van der Waals surface area contributed by atoms with Gasteiger partial charge in [-0.3, -0.25) is 9.59 Å². The van der Waals surface area contributed by atoms with Gasteiger partial charge in [-0.15, -0.1) is 0 Å². The molecule has 2 unspecified atom stereocenters. The van der Waals surface area contributed by atoms with Gasteiger partial charge < -0.3 is 0 Å². The molecule has 0 spiro atoms. The number of hydrogen-bond acceptors (Lipinski definition) is 3. The maximum Gasteiger partial charge on any atom is 0.246 e. The molecule has 1 aromatic rings. The smallest absolute Gasteiger partial charge is 0.246 e. The molecule has 1 fully saturated rings. The van der Waals surface area contributed by atoms with Crippen LogP contribution in [0.5, 0.6) is 0 Å². The Morgan fingerprint density at radius 2 is 1.95 bits per heavy atom. The van der Waals surface area contributed by atoms with Crippen molar-refractivity contribution in [2.75, 3.05) is 4.90 Å². The summed E-state index contributed by atoms with van der Waals surface area (Å²) in [7, 11) is 0. The molecule has 2 amide bonds. The summed E-state index contributed by atoms with van der Waals surface area (Å²) in [5.74, 6) is -1.17. The number of allylic oxidation sites excluding steroid dienone is 2. The molecule has 2 aliphatic rings. The van der Waals surface area contributed by atoms with Crippen molar-refractivity contribution in [1.29, 1.82) is 5.26 Å². The molecule has 4 heteroatoms. The van der Waals surface area contributed by atoms with Crippen LogP contribution in [-0.2, 0) is 9.59 Å². The molecule has 1 aromatic carbocycles. The molecule has 1 aliphatic heterocycles.